The molecule has 0 aliphatic carbocycles. The first kappa shape index (κ1) is 12.0. The van der Waals surface area contributed by atoms with Crippen molar-refractivity contribution in [2.45, 2.75) is 5.92 Å². The molecule has 3 heteroatoms. The summed E-state index contributed by atoms with van der Waals surface area (Å²) in [5, 5.41) is 0. The Bertz CT molecular complexity index is 550. The van der Waals surface area contributed by atoms with E-state index in [0.717, 1.165) is 22.3 Å². The fourth-order valence-corrected chi connectivity index (χ4v) is 3.17. The molecule has 0 spiro atoms. The predicted octanol–water partition coefficient (Wildman–Crippen LogP) is 4.03. The summed E-state index contributed by atoms with van der Waals surface area (Å²) in [5.41, 5.74) is 2.54. The molecular formula is C15H13FIN. The van der Waals surface area contributed by atoms with Crippen LogP contribution in [0.25, 0.3) is 0 Å². The second-order valence-corrected chi connectivity index (χ2v) is 5.77. The molecule has 0 unspecified atom stereocenters. The lowest BCUT2D eigenvalue weighted by molar-refractivity contribution is 0.523. The molecule has 1 aliphatic rings. The highest BCUT2D eigenvalue weighted by molar-refractivity contribution is 14.1. The van der Waals surface area contributed by atoms with Crippen molar-refractivity contribution in [3.8, 4) is 0 Å². The summed E-state index contributed by atoms with van der Waals surface area (Å²) in [6.07, 6.45) is 0. The van der Waals surface area contributed by atoms with Crippen molar-refractivity contribution in [1.82, 2.24) is 0 Å². The Kier molecular flexibility index (Phi) is 3.24. The van der Waals surface area contributed by atoms with Crippen LogP contribution >= 0.6 is 22.6 Å². The molecule has 1 nitrogen and oxygen atoms in total. The van der Waals surface area contributed by atoms with E-state index in [1.807, 2.05) is 12.1 Å². The number of hydrogen-bond acceptors (Lipinski definition) is 1. The van der Waals surface area contributed by atoms with Gasteiger partial charge in [0.2, 0.25) is 0 Å². The second-order valence-electron chi connectivity index (χ2n) is 4.61. The zero-order valence-electron chi connectivity index (χ0n) is 9.81. The quantitative estimate of drug-likeness (QED) is 0.737. The van der Waals surface area contributed by atoms with Crippen LogP contribution in [0.3, 0.4) is 0 Å². The summed E-state index contributed by atoms with van der Waals surface area (Å²) < 4.78 is 14.0. The fourth-order valence-electron chi connectivity index (χ4n) is 2.35. The first-order chi connectivity index (χ1) is 8.74. The third kappa shape index (κ3) is 2.23. The molecule has 0 atom stereocenters. The summed E-state index contributed by atoms with van der Waals surface area (Å²) in [6.45, 7) is 2.04. The Hall–Kier alpha value is -1.10. The summed E-state index contributed by atoms with van der Waals surface area (Å²) >= 11 is 2.20. The average molecular weight is 353 g/mol. The SMILES string of the molecule is Fc1ccc(N2CC(c3ccccc3)C2)c(I)c1. The molecule has 18 heavy (non-hydrogen) atoms. The van der Waals surface area contributed by atoms with Crippen molar-refractivity contribution in [3.05, 3.63) is 63.5 Å². The maximum Gasteiger partial charge on any atom is 0.124 e. The Morgan fingerprint density at radius 2 is 1.78 bits per heavy atom. The van der Waals surface area contributed by atoms with E-state index in [1.54, 1.807) is 6.07 Å². The van der Waals surface area contributed by atoms with Crippen molar-refractivity contribution in [1.29, 1.82) is 0 Å². The van der Waals surface area contributed by atoms with E-state index in [0.29, 0.717) is 5.92 Å². The van der Waals surface area contributed by atoms with Gasteiger partial charge in [0, 0.05) is 22.6 Å². The van der Waals surface area contributed by atoms with Crippen LogP contribution < -0.4 is 4.90 Å². The maximum atomic E-state index is 13.1. The van der Waals surface area contributed by atoms with E-state index in [2.05, 4.69) is 51.8 Å². The van der Waals surface area contributed by atoms with Crippen molar-refractivity contribution in [2.24, 2.45) is 0 Å². The van der Waals surface area contributed by atoms with Crippen molar-refractivity contribution < 1.29 is 4.39 Å². The molecule has 2 aromatic rings. The Labute approximate surface area is 120 Å². The first-order valence-electron chi connectivity index (χ1n) is 5.99. The van der Waals surface area contributed by atoms with E-state index >= 15 is 0 Å². The lowest BCUT2D eigenvalue weighted by Crippen LogP contribution is -2.45. The minimum absolute atomic E-state index is 0.164. The summed E-state index contributed by atoms with van der Waals surface area (Å²) in [6, 6.07) is 15.6. The molecule has 0 amide bonds. The highest BCUT2D eigenvalue weighted by atomic mass is 127. The van der Waals surface area contributed by atoms with E-state index in [9.17, 15) is 4.39 Å². The van der Waals surface area contributed by atoms with E-state index in [1.165, 1.54) is 11.6 Å². The number of anilines is 1. The first-order valence-corrected chi connectivity index (χ1v) is 7.07. The van der Waals surface area contributed by atoms with Gasteiger partial charge in [0.05, 0.1) is 5.69 Å². The van der Waals surface area contributed by atoms with Gasteiger partial charge in [0.1, 0.15) is 5.82 Å². The summed E-state index contributed by atoms with van der Waals surface area (Å²) in [4.78, 5) is 2.30. The van der Waals surface area contributed by atoms with Crippen LogP contribution in [0, 0.1) is 9.39 Å². The molecule has 0 radical (unpaired) electrons. The van der Waals surface area contributed by atoms with Crippen LogP contribution in [0.2, 0.25) is 0 Å². The van der Waals surface area contributed by atoms with E-state index < -0.39 is 0 Å². The Morgan fingerprint density at radius 1 is 1.06 bits per heavy atom. The van der Waals surface area contributed by atoms with Crippen molar-refractivity contribution >= 4 is 28.3 Å². The zero-order chi connectivity index (χ0) is 12.5. The fraction of sp³-hybridized carbons (Fsp3) is 0.200. The molecule has 1 fully saturated rings. The molecule has 3 rings (SSSR count). The maximum absolute atomic E-state index is 13.1. The normalized spacial score (nSPS) is 15.6. The van der Waals surface area contributed by atoms with Gasteiger partial charge in [0.25, 0.3) is 0 Å². The molecule has 0 aromatic heterocycles. The van der Waals surface area contributed by atoms with Crippen molar-refractivity contribution in [2.75, 3.05) is 18.0 Å². The van der Waals surface area contributed by atoms with E-state index in [-0.39, 0.29) is 5.82 Å². The zero-order valence-corrected chi connectivity index (χ0v) is 12.0. The molecular weight excluding hydrogens is 340 g/mol. The molecule has 0 bridgehead atoms. The highest BCUT2D eigenvalue weighted by Crippen LogP contribution is 2.34. The smallest absolute Gasteiger partial charge is 0.124 e. The van der Waals surface area contributed by atoms with Crippen LogP contribution in [-0.2, 0) is 0 Å². The van der Waals surface area contributed by atoms with Gasteiger partial charge >= 0.3 is 0 Å². The summed E-state index contributed by atoms with van der Waals surface area (Å²) in [5.74, 6) is 0.440. The van der Waals surface area contributed by atoms with Crippen LogP contribution in [-0.4, -0.2) is 13.1 Å². The lowest BCUT2D eigenvalue weighted by Gasteiger charge is -2.42. The van der Waals surface area contributed by atoms with E-state index in [4.69, 9.17) is 0 Å². The highest BCUT2D eigenvalue weighted by Gasteiger charge is 2.29. The van der Waals surface area contributed by atoms with Crippen LogP contribution in [0.4, 0.5) is 10.1 Å². The molecule has 0 N–H and O–H groups in total. The van der Waals surface area contributed by atoms with Crippen LogP contribution in [0.5, 0.6) is 0 Å². The standard InChI is InChI=1S/C15H13FIN/c16-13-6-7-15(14(17)8-13)18-9-12(10-18)11-4-2-1-3-5-11/h1-8,12H,9-10H2. The van der Waals surface area contributed by atoms with Gasteiger partial charge in [-0.05, 0) is 46.4 Å². The predicted molar refractivity (Wildman–Crippen MR) is 80.5 cm³/mol. The number of halogens is 2. The molecule has 92 valence electrons. The number of benzene rings is 2. The minimum atomic E-state index is -0.164. The van der Waals surface area contributed by atoms with Gasteiger partial charge in [-0.15, -0.1) is 0 Å². The van der Waals surface area contributed by atoms with Gasteiger partial charge in [0.15, 0.2) is 0 Å². The van der Waals surface area contributed by atoms with Crippen LogP contribution in [0.1, 0.15) is 11.5 Å². The molecule has 1 aliphatic heterocycles. The summed E-state index contributed by atoms with van der Waals surface area (Å²) in [7, 11) is 0. The third-order valence-electron chi connectivity index (χ3n) is 3.40. The average Bonchev–Trinajstić information content (AvgIpc) is 2.31. The Morgan fingerprint density at radius 3 is 2.44 bits per heavy atom. The number of hydrogen-bond donors (Lipinski definition) is 0. The monoisotopic (exact) mass is 353 g/mol. The third-order valence-corrected chi connectivity index (χ3v) is 4.27. The number of rotatable bonds is 2. The van der Waals surface area contributed by atoms with Gasteiger partial charge in [-0.25, -0.2) is 4.39 Å². The van der Waals surface area contributed by atoms with Gasteiger partial charge in [-0.3, -0.25) is 0 Å². The molecule has 0 saturated carbocycles. The van der Waals surface area contributed by atoms with Crippen molar-refractivity contribution in [3.63, 3.8) is 0 Å². The largest absolute Gasteiger partial charge is 0.369 e. The Balaban J connectivity index is 1.72. The topological polar surface area (TPSA) is 3.24 Å². The number of nitrogens with zero attached hydrogens (tertiary/aromatic N) is 1. The minimum Gasteiger partial charge on any atom is -0.369 e. The van der Waals surface area contributed by atoms with Gasteiger partial charge in [-0.2, -0.15) is 0 Å². The molecule has 1 saturated heterocycles. The van der Waals surface area contributed by atoms with Gasteiger partial charge in [-0.1, -0.05) is 30.3 Å². The van der Waals surface area contributed by atoms with Gasteiger partial charge < -0.3 is 4.90 Å². The van der Waals surface area contributed by atoms with Crippen LogP contribution in [0.15, 0.2) is 48.5 Å². The molecule has 1 heterocycles. The second kappa shape index (κ2) is 4.88. The molecule has 2 aromatic carbocycles. The lowest BCUT2D eigenvalue weighted by atomic mass is 9.91.